The number of hydrogen-bond acceptors (Lipinski definition) is 4. The highest BCUT2D eigenvalue weighted by Gasteiger charge is 2.34. The van der Waals surface area contributed by atoms with Gasteiger partial charge in [0, 0.05) is 29.7 Å². The van der Waals surface area contributed by atoms with Gasteiger partial charge in [0.1, 0.15) is 0 Å². The Kier molecular flexibility index (Phi) is 6.46. The molecule has 2 bridgehead atoms. The maximum absolute atomic E-state index is 12.6. The summed E-state index contributed by atoms with van der Waals surface area (Å²) < 4.78 is 28.0. The quantitative estimate of drug-likeness (QED) is 0.691. The van der Waals surface area contributed by atoms with Crippen molar-refractivity contribution < 1.29 is 13.2 Å². The maximum atomic E-state index is 12.6. The Morgan fingerprint density at radius 3 is 2.33 bits per heavy atom. The molecule has 1 aromatic rings. The van der Waals surface area contributed by atoms with Crippen LogP contribution in [0.5, 0.6) is 0 Å². The Bertz CT molecular complexity index is 768. The molecule has 2 saturated heterocycles. The first kappa shape index (κ1) is 20.6. The molecule has 4 rings (SSSR count). The molecular weight excluding hydrogens is 386 g/mol. The zero-order valence-electron chi connectivity index (χ0n) is 15.3. The minimum atomic E-state index is -3.58. The molecule has 27 heavy (non-hydrogen) atoms. The van der Waals surface area contributed by atoms with Gasteiger partial charge in [-0.2, -0.15) is 0 Å². The monoisotopic (exact) mass is 413 g/mol. The lowest BCUT2D eigenvalue weighted by Gasteiger charge is -2.29. The highest BCUT2D eigenvalue weighted by Crippen LogP contribution is 2.27. The van der Waals surface area contributed by atoms with E-state index in [-0.39, 0.29) is 35.3 Å². The molecule has 0 spiro atoms. The second-order valence-electron chi connectivity index (χ2n) is 7.91. The number of sulfonamides is 1. The van der Waals surface area contributed by atoms with Crippen LogP contribution in [0.15, 0.2) is 29.2 Å². The van der Waals surface area contributed by atoms with Gasteiger partial charge in [0.05, 0.1) is 4.90 Å². The Morgan fingerprint density at radius 1 is 1.00 bits per heavy atom. The van der Waals surface area contributed by atoms with E-state index in [1.54, 1.807) is 18.2 Å². The fourth-order valence-corrected chi connectivity index (χ4v) is 5.93. The fraction of sp³-hybridized carbons (Fsp3) is 0.632. The number of carbonyl (C=O) groups is 1. The minimum Gasteiger partial charge on any atom is -0.349 e. The van der Waals surface area contributed by atoms with Gasteiger partial charge in [-0.05, 0) is 56.7 Å². The van der Waals surface area contributed by atoms with Gasteiger partial charge < -0.3 is 10.6 Å². The van der Waals surface area contributed by atoms with Crippen molar-refractivity contribution in [1.29, 1.82) is 0 Å². The van der Waals surface area contributed by atoms with Crippen molar-refractivity contribution in [2.75, 3.05) is 0 Å². The number of amides is 1. The third-order valence-corrected chi connectivity index (χ3v) is 7.41. The Balaban J connectivity index is 0.00000210. The van der Waals surface area contributed by atoms with E-state index in [4.69, 9.17) is 0 Å². The van der Waals surface area contributed by atoms with Gasteiger partial charge in [-0.15, -0.1) is 12.4 Å². The highest BCUT2D eigenvalue weighted by molar-refractivity contribution is 7.89. The van der Waals surface area contributed by atoms with Crippen LogP contribution in [0.25, 0.3) is 0 Å². The van der Waals surface area contributed by atoms with Gasteiger partial charge in [0.25, 0.3) is 5.91 Å². The molecule has 8 heteroatoms. The molecule has 2 atom stereocenters. The van der Waals surface area contributed by atoms with Crippen LogP contribution in [0.3, 0.4) is 0 Å². The van der Waals surface area contributed by atoms with Gasteiger partial charge in [-0.3, -0.25) is 4.79 Å². The Hall–Kier alpha value is -1.15. The average molecular weight is 414 g/mol. The lowest BCUT2D eigenvalue weighted by atomic mass is 9.99. The number of rotatable bonds is 5. The minimum absolute atomic E-state index is 0. The van der Waals surface area contributed by atoms with E-state index in [1.165, 1.54) is 18.9 Å². The number of benzene rings is 1. The van der Waals surface area contributed by atoms with Crippen LogP contribution in [0.2, 0.25) is 0 Å². The van der Waals surface area contributed by atoms with E-state index in [9.17, 15) is 13.2 Å². The zero-order chi connectivity index (χ0) is 18.1. The second-order valence-corrected chi connectivity index (χ2v) is 9.62. The van der Waals surface area contributed by atoms with Gasteiger partial charge >= 0.3 is 0 Å². The smallest absolute Gasteiger partial charge is 0.251 e. The topological polar surface area (TPSA) is 87.3 Å². The predicted molar refractivity (Wildman–Crippen MR) is 107 cm³/mol. The lowest BCUT2D eigenvalue weighted by molar-refractivity contribution is 0.0923. The van der Waals surface area contributed by atoms with Crippen LogP contribution in [0, 0.1) is 0 Å². The van der Waals surface area contributed by atoms with Gasteiger partial charge in [0.15, 0.2) is 0 Å². The first-order chi connectivity index (χ1) is 12.5. The van der Waals surface area contributed by atoms with Crippen molar-refractivity contribution >= 4 is 28.3 Å². The second kappa shape index (κ2) is 8.47. The lowest BCUT2D eigenvalue weighted by Crippen LogP contribution is -2.48. The van der Waals surface area contributed by atoms with Crippen molar-refractivity contribution in [2.45, 2.75) is 80.4 Å². The molecule has 1 aliphatic carbocycles. The number of piperidine rings is 1. The van der Waals surface area contributed by atoms with E-state index in [0.717, 1.165) is 38.5 Å². The van der Waals surface area contributed by atoms with Gasteiger partial charge in [-0.25, -0.2) is 13.1 Å². The van der Waals surface area contributed by atoms with Crippen LogP contribution in [0.1, 0.15) is 61.7 Å². The molecule has 3 fully saturated rings. The summed E-state index contributed by atoms with van der Waals surface area (Å²) in [5.74, 6) is -0.186. The summed E-state index contributed by atoms with van der Waals surface area (Å²) in [6.07, 6.45) is 8.15. The fourth-order valence-electron chi connectivity index (χ4n) is 4.58. The number of fused-ring (bicyclic) bond motifs is 2. The molecule has 2 heterocycles. The van der Waals surface area contributed by atoms with E-state index >= 15 is 0 Å². The molecule has 2 unspecified atom stereocenters. The predicted octanol–water partition coefficient (Wildman–Crippen LogP) is 2.34. The van der Waals surface area contributed by atoms with Crippen molar-refractivity contribution in [1.82, 2.24) is 15.4 Å². The molecule has 0 radical (unpaired) electrons. The van der Waals surface area contributed by atoms with Crippen LogP contribution >= 0.6 is 12.4 Å². The van der Waals surface area contributed by atoms with Gasteiger partial charge in [-0.1, -0.05) is 18.9 Å². The summed E-state index contributed by atoms with van der Waals surface area (Å²) in [6.45, 7) is 0. The molecule has 3 N–H and O–H groups in total. The first-order valence-corrected chi connectivity index (χ1v) is 11.2. The molecule has 6 nitrogen and oxygen atoms in total. The molecule has 1 aromatic carbocycles. The summed E-state index contributed by atoms with van der Waals surface area (Å²) in [6, 6.07) is 7.55. The zero-order valence-corrected chi connectivity index (χ0v) is 16.9. The molecule has 2 aliphatic heterocycles. The largest absolute Gasteiger partial charge is 0.349 e. The number of carbonyl (C=O) groups excluding carboxylic acids is 1. The molecule has 150 valence electrons. The molecule has 3 aliphatic rings. The van der Waals surface area contributed by atoms with Crippen LogP contribution < -0.4 is 15.4 Å². The van der Waals surface area contributed by atoms with E-state index < -0.39 is 10.0 Å². The maximum Gasteiger partial charge on any atom is 0.251 e. The number of halogens is 1. The number of nitrogens with one attached hydrogen (secondary N) is 3. The third-order valence-electron chi connectivity index (χ3n) is 5.89. The summed E-state index contributed by atoms with van der Waals surface area (Å²) in [5.41, 5.74) is 0.408. The van der Waals surface area contributed by atoms with Gasteiger partial charge in [0.2, 0.25) is 10.0 Å². The Labute approximate surface area is 167 Å². The SMILES string of the molecule is Cl.O=C(NC1CC2CCC(C1)N2)c1cccc(S(=O)(=O)NC2CCCC2)c1. The highest BCUT2D eigenvalue weighted by atomic mass is 35.5. The summed E-state index contributed by atoms with van der Waals surface area (Å²) in [4.78, 5) is 12.8. The third kappa shape index (κ3) is 4.83. The molecule has 0 aromatic heterocycles. The summed E-state index contributed by atoms with van der Waals surface area (Å²) in [5, 5.41) is 6.65. The van der Waals surface area contributed by atoms with Crippen LogP contribution in [-0.2, 0) is 10.0 Å². The summed E-state index contributed by atoms with van der Waals surface area (Å²) in [7, 11) is -3.58. The standard InChI is InChI=1S/C19H27N3O3S.ClH/c23-19(21-17-11-15-8-9-16(12-17)20-15)13-4-3-7-18(10-13)26(24,25)22-14-5-1-2-6-14;/h3-4,7,10,14-17,20,22H,1-2,5-6,8-9,11-12H2,(H,21,23);1H. The van der Waals surface area contributed by atoms with Crippen LogP contribution in [-0.4, -0.2) is 38.5 Å². The van der Waals surface area contributed by atoms with Crippen molar-refractivity contribution in [3.8, 4) is 0 Å². The van der Waals surface area contributed by atoms with Crippen molar-refractivity contribution in [3.05, 3.63) is 29.8 Å². The van der Waals surface area contributed by atoms with E-state index in [1.807, 2.05) is 0 Å². The van der Waals surface area contributed by atoms with Crippen molar-refractivity contribution in [3.63, 3.8) is 0 Å². The average Bonchev–Trinajstić information content (AvgIpc) is 3.24. The molecule has 1 amide bonds. The van der Waals surface area contributed by atoms with Crippen LogP contribution in [0.4, 0.5) is 0 Å². The number of hydrogen-bond donors (Lipinski definition) is 3. The summed E-state index contributed by atoms with van der Waals surface area (Å²) >= 11 is 0. The molecular formula is C19H28ClN3O3S. The van der Waals surface area contributed by atoms with Crippen molar-refractivity contribution in [2.24, 2.45) is 0 Å². The molecule has 1 saturated carbocycles. The first-order valence-electron chi connectivity index (χ1n) is 9.69. The van der Waals surface area contributed by atoms with E-state index in [2.05, 4.69) is 15.4 Å². The normalized spacial score (nSPS) is 27.9. The Morgan fingerprint density at radius 2 is 1.67 bits per heavy atom. The van der Waals surface area contributed by atoms with E-state index in [0.29, 0.717) is 17.6 Å².